The van der Waals surface area contributed by atoms with Gasteiger partial charge in [-0.05, 0) is 26.2 Å². The van der Waals surface area contributed by atoms with Crippen LogP contribution in [0.15, 0.2) is 11.4 Å². The Balaban J connectivity index is 2.15. The molecule has 1 unspecified atom stereocenters. The lowest BCUT2D eigenvalue weighted by Gasteiger charge is -2.18. The van der Waals surface area contributed by atoms with Gasteiger partial charge in [-0.1, -0.05) is 18.7 Å². The topological polar surface area (TPSA) is 84.2 Å². The molecule has 6 nitrogen and oxygen atoms in total. The predicted octanol–water partition coefficient (Wildman–Crippen LogP) is 1.46. The molecule has 2 rings (SSSR count). The van der Waals surface area contributed by atoms with E-state index in [1.165, 1.54) is 0 Å². The van der Waals surface area contributed by atoms with Crippen LogP contribution in [0.5, 0.6) is 0 Å². The maximum absolute atomic E-state index is 12.2. The summed E-state index contributed by atoms with van der Waals surface area (Å²) in [5, 5.41) is 12.3. The zero-order chi connectivity index (χ0) is 14.7. The minimum atomic E-state index is -0.891. The third kappa shape index (κ3) is 3.53. The number of hydrogen-bond donors (Lipinski definition) is 2. The van der Waals surface area contributed by atoms with Gasteiger partial charge < -0.3 is 15.0 Å². The third-order valence-electron chi connectivity index (χ3n) is 3.22. The number of carboxylic acids is 1. The molecule has 1 aromatic heterocycles. The number of hydrogen-bond acceptors (Lipinski definition) is 4. The molecule has 20 heavy (non-hydrogen) atoms. The molecule has 0 saturated heterocycles. The van der Waals surface area contributed by atoms with Crippen LogP contribution in [0, 0.1) is 0 Å². The molecule has 110 valence electrons. The summed E-state index contributed by atoms with van der Waals surface area (Å²) >= 11 is 1.14. The van der Waals surface area contributed by atoms with Crippen molar-refractivity contribution < 1.29 is 14.7 Å². The normalized spacial score (nSPS) is 15.9. The summed E-state index contributed by atoms with van der Waals surface area (Å²) < 4.78 is 1.84. The van der Waals surface area contributed by atoms with Crippen LogP contribution in [0.1, 0.15) is 38.4 Å². The van der Waals surface area contributed by atoms with Crippen molar-refractivity contribution in [3.63, 3.8) is 0 Å². The summed E-state index contributed by atoms with van der Waals surface area (Å²) in [5.74, 6) is -0.980. The Kier molecular flexibility index (Phi) is 4.69. The van der Waals surface area contributed by atoms with Crippen LogP contribution >= 0.6 is 11.8 Å². The van der Waals surface area contributed by atoms with E-state index >= 15 is 0 Å². The maximum atomic E-state index is 12.2. The Bertz CT molecular complexity index is 511. The van der Waals surface area contributed by atoms with Crippen molar-refractivity contribution in [2.24, 2.45) is 0 Å². The molecule has 7 heteroatoms. The standard InChI is InChI=1S/C13H19N3O3S/c1-3-10-6-14-13(20-7-11(17)18)16(10)8(2)12(19)15-9-4-5-9/h6,8-9H,3-5,7H2,1-2H3,(H,15,19)(H,17,18). The van der Waals surface area contributed by atoms with E-state index in [0.717, 1.165) is 36.7 Å². The largest absolute Gasteiger partial charge is 0.481 e. The van der Waals surface area contributed by atoms with Crippen molar-refractivity contribution in [1.82, 2.24) is 14.9 Å². The van der Waals surface area contributed by atoms with Crippen molar-refractivity contribution in [1.29, 1.82) is 0 Å². The van der Waals surface area contributed by atoms with Crippen molar-refractivity contribution in [3.8, 4) is 0 Å². The zero-order valence-electron chi connectivity index (χ0n) is 11.6. The Labute approximate surface area is 122 Å². The van der Waals surface area contributed by atoms with Crippen molar-refractivity contribution in [2.45, 2.75) is 50.4 Å². The van der Waals surface area contributed by atoms with E-state index in [4.69, 9.17) is 5.11 Å². The van der Waals surface area contributed by atoms with Crippen LogP contribution < -0.4 is 5.32 Å². The molecule has 1 heterocycles. The number of imidazole rings is 1. The summed E-state index contributed by atoms with van der Waals surface area (Å²) in [6.07, 6.45) is 4.56. The Morgan fingerprint density at radius 2 is 2.30 bits per heavy atom. The van der Waals surface area contributed by atoms with Gasteiger partial charge in [0.1, 0.15) is 6.04 Å². The highest BCUT2D eigenvalue weighted by Gasteiger charge is 2.28. The van der Waals surface area contributed by atoms with E-state index < -0.39 is 5.97 Å². The summed E-state index contributed by atoms with van der Waals surface area (Å²) in [6.45, 7) is 3.81. The molecule has 1 amide bonds. The second-order valence-corrected chi connectivity index (χ2v) is 5.84. The van der Waals surface area contributed by atoms with Gasteiger partial charge >= 0.3 is 5.97 Å². The first kappa shape index (κ1) is 14.9. The average Bonchev–Trinajstić information content (AvgIpc) is 3.12. The molecule has 1 aromatic rings. The molecule has 1 atom stereocenters. The van der Waals surface area contributed by atoms with Gasteiger partial charge in [0.05, 0.1) is 5.75 Å². The van der Waals surface area contributed by atoms with Crippen molar-refractivity contribution in [3.05, 3.63) is 11.9 Å². The van der Waals surface area contributed by atoms with E-state index in [1.807, 2.05) is 18.4 Å². The number of aliphatic carboxylic acids is 1. The summed E-state index contributed by atoms with van der Waals surface area (Å²) in [7, 11) is 0. The smallest absolute Gasteiger partial charge is 0.313 e. The Morgan fingerprint density at radius 3 is 2.85 bits per heavy atom. The zero-order valence-corrected chi connectivity index (χ0v) is 12.4. The van der Waals surface area contributed by atoms with Gasteiger partial charge in [-0.3, -0.25) is 9.59 Å². The SMILES string of the molecule is CCc1cnc(SCC(=O)O)n1C(C)C(=O)NC1CC1. The monoisotopic (exact) mass is 297 g/mol. The number of rotatable bonds is 7. The number of nitrogens with one attached hydrogen (secondary N) is 1. The Hall–Kier alpha value is -1.50. The molecule has 0 aromatic carbocycles. The molecular weight excluding hydrogens is 278 g/mol. The van der Waals surface area contributed by atoms with Gasteiger partial charge in [0.15, 0.2) is 5.16 Å². The van der Waals surface area contributed by atoms with Crippen LogP contribution in [-0.2, 0) is 16.0 Å². The molecule has 0 bridgehead atoms. The number of carbonyl (C=O) groups excluding carboxylic acids is 1. The van der Waals surface area contributed by atoms with E-state index in [0.29, 0.717) is 11.2 Å². The maximum Gasteiger partial charge on any atom is 0.313 e. The lowest BCUT2D eigenvalue weighted by Crippen LogP contribution is -2.33. The number of aryl methyl sites for hydroxylation is 1. The minimum Gasteiger partial charge on any atom is -0.481 e. The number of thioether (sulfide) groups is 1. The average molecular weight is 297 g/mol. The van der Waals surface area contributed by atoms with Crippen LogP contribution in [0.2, 0.25) is 0 Å². The molecule has 2 N–H and O–H groups in total. The highest BCUT2D eigenvalue weighted by atomic mass is 32.2. The Morgan fingerprint density at radius 1 is 1.60 bits per heavy atom. The number of aromatic nitrogens is 2. The fourth-order valence-electron chi connectivity index (χ4n) is 1.95. The number of carboxylic acid groups (broad SMARTS) is 1. The van der Waals surface area contributed by atoms with Gasteiger partial charge in [-0.2, -0.15) is 0 Å². The van der Waals surface area contributed by atoms with Crippen LogP contribution in [-0.4, -0.2) is 38.3 Å². The summed E-state index contributed by atoms with van der Waals surface area (Å²) in [6, 6.07) is -0.0574. The quantitative estimate of drug-likeness (QED) is 0.744. The molecule has 1 aliphatic carbocycles. The summed E-state index contributed by atoms with van der Waals surface area (Å²) in [4.78, 5) is 27.1. The number of carbonyl (C=O) groups is 2. The second-order valence-electron chi connectivity index (χ2n) is 4.90. The van der Waals surface area contributed by atoms with E-state index in [1.54, 1.807) is 6.20 Å². The van der Waals surface area contributed by atoms with Gasteiger partial charge in [-0.15, -0.1) is 0 Å². The van der Waals surface area contributed by atoms with Gasteiger partial charge in [-0.25, -0.2) is 4.98 Å². The van der Waals surface area contributed by atoms with Gasteiger partial charge in [0, 0.05) is 17.9 Å². The fraction of sp³-hybridized carbons (Fsp3) is 0.615. The van der Waals surface area contributed by atoms with Crippen LogP contribution in [0.4, 0.5) is 0 Å². The fourth-order valence-corrected chi connectivity index (χ4v) is 2.75. The molecule has 0 radical (unpaired) electrons. The van der Waals surface area contributed by atoms with Crippen LogP contribution in [0.3, 0.4) is 0 Å². The molecule has 1 aliphatic rings. The minimum absolute atomic E-state index is 0.0302. The molecular formula is C13H19N3O3S. The number of nitrogens with zero attached hydrogens (tertiary/aromatic N) is 2. The highest BCUT2D eigenvalue weighted by Crippen LogP contribution is 2.25. The predicted molar refractivity (Wildman–Crippen MR) is 75.8 cm³/mol. The van der Waals surface area contributed by atoms with Gasteiger partial charge in [0.2, 0.25) is 5.91 Å². The lowest BCUT2D eigenvalue weighted by molar-refractivity contribution is -0.134. The molecule has 1 fully saturated rings. The van der Waals surface area contributed by atoms with E-state index in [2.05, 4.69) is 10.3 Å². The molecule has 0 spiro atoms. The second kappa shape index (κ2) is 6.30. The van der Waals surface area contributed by atoms with Crippen LogP contribution in [0.25, 0.3) is 0 Å². The molecule has 1 saturated carbocycles. The third-order valence-corrected chi connectivity index (χ3v) is 4.17. The van der Waals surface area contributed by atoms with E-state index in [-0.39, 0.29) is 17.7 Å². The first-order chi connectivity index (χ1) is 9.52. The van der Waals surface area contributed by atoms with E-state index in [9.17, 15) is 9.59 Å². The first-order valence-corrected chi connectivity index (χ1v) is 7.72. The molecule has 0 aliphatic heterocycles. The van der Waals surface area contributed by atoms with Gasteiger partial charge in [0.25, 0.3) is 0 Å². The highest BCUT2D eigenvalue weighted by molar-refractivity contribution is 7.99. The van der Waals surface area contributed by atoms with Crippen molar-refractivity contribution in [2.75, 3.05) is 5.75 Å². The summed E-state index contributed by atoms with van der Waals surface area (Å²) in [5.41, 5.74) is 0.941. The lowest BCUT2D eigenvalue weighted by atomic mass is 10.2. The first-order valence-electron chi connectivity index (χ1n) is 6.74. The number of amides is 1. The van der Waals surface area contributed by atoms with Crippen molar-refractivity contribution >= 4 is 23.6 Å².